The van der Waals surface area contributed by atoms with Gasteiger partial charge in [-0.1, -0.05) is 0 Å². The predicted octanol–water partition coefficient (Wildman–Crippen LogP) is 2.54. The highest BCUT2D eigenvalue weighted by atomic mass is 79.9. The summed E-state index contributed by atoms with van der Waals surface area (Å²) in [7, 11) is 0. The zero-order valence-corrected chi connectivity index (χ0v) is 12.8. The van der Waals surface area contributed by atoms with Crippen LogP contribution in [0, 0.1) is 0 Å². The molecule has 1 aliphatic rings. The van der Waals surface area contributed by atoms with E-state index >= 15 is 0 Å². The van der Waals surface area contributed by atoms with E-state index in [1.165, 1.54) is 11.3 Å². The topological polar surface area (TPSA) is 59.8 Å². The molecule has 100 valence electrons. The van der Waals surface area contributed by atoms with Crippen LogP contribution in [0.15, 0.2) is 15.9 Å². The number of aryl methyl sites for hydroxylation is 1. The number of fused-ring (bicyclic) bond motifs is 1. The van der Waals surface area contributed by atoms with Crippen LogP contribution in [0.4, 0.5) is 0 Å². The zero-order valence-electron chi connectivity index (χ0n) is 10.4. The minimum atomic E-state index is -0.132. The zero-order chi connectivity index (χ0) is 13.4. The summed E-state index contributed by atoms with van der Waals surface area (Å²) in [5, 5.41) is 11.3. The molecule has 0 spiro atoms. The van der Waals surface area contributed by atoms with Crippen LogP contribution in [0.2, 0.25) is 0 Å². The Kier molecular flexibility index (Phi) is 3.40. The van der Waals surface area contributed by atoms with Crippen LogP contribution in [0.25, 0.3) is 0 Å². The van der Waals surface area contributed by atoms with Gasteiger partial charge in [-0.15, -0.1) is 21.5 Å². The number of rotatable bonds is 3. The normalized spacial score (nSPS) is 15.3. The first-order valence-corrected chi connectivity index (χ1v) is 7.74. The molecule has 7 heteroatoms. The van der Waals surface area contributed by atoms with Crippen molar-refractivity contribution in [3.8, 4) is 0 Å². The first kappa shape index (κ1) is 12.8. The van der Waals surface area contributed by atoms with Crippen LogP contribution >= 0.6 is 27.3 Å². The Labute approximate surface area is 123 Å². The number of amides is 1. The van der Waals surface area contributed by atoms with E-state index in [2.05, 4.69) is 36.0 Å². The van der Waals surface area contributed by atoms with Crippen molar-refractivity contribution in [2.45, 2.75) is 32.4 Å². The number of hydrogen-bond acceptors (Lipinski definition) is 4. The maximum Gasteiger partial charge on any atom is 0.261 e. The fourth-order valence-electron chi connectivity index (χ4n) is 2.26. The van der Waals surface area contributed by atoms with Crippen molar-refractivity contribution in [3.05, 3.63) is 32.4 Å². The fourth-order valence-corrected chi connectivity index (χ4v) is 3.55. The van der Waals surface area contributed by atoms with E-state index < -0.39 is 0 Å². The molecule has 3 rings (SSSR count). The molecule has 2 aromatic heterocycles. The summed E-state index contributed by atoms with van der Waals surface area (Å²) in [6, 6.07) is 3.55. The number of carbonyl (C=O) groups is 1. The Morgan fingerprint density at radius 3 is 3.11 bits per heavy atom. The Morgan fingerprint density at radius 2 is 2.37 bits per heavy atom. The van der Waals surface area contributed by atoms with Gasteiger partial charge in [0.25, 0.3) is 5.91 Å². The summed E-state index contributed by atoms with van der Waals surface area (Å²) in [5.74, 6) is 1.80. The van der Waals surface area contributed by atoms with Gasteiger partial charge in [0.15, 0.2) is 5.82 Å². The smallest absolute Gasteiger partial charge is 0.261 e. The number of hydrogen-bond donors (Lipinski definition) is 1. The van der Waals surface area contributed by atoms with Gasteiger partial charge in [0.05, 0.1) is 14.7 Å². The van der Waals surface area contributed by atoms with Gasteiger partial charge in [-0.05, 0) is 41.4 Å². The summed E-state index contributed by atoms with van der Waals surface area (Å²) in [4.78, 5) is 12.8. The molecule has 3 heterocycles. The molecule has 0 bridgehead atoms. The van der Waals surface area contributed by atoms with Crippen molar-refractivity contribution in [2.24, 2.45) is 0 Å². The molecule has 0 saturated heterocycles. The molecule has 0 fully saturated rings. The van der Waals surface area contributed by atoms with E-state index in [-0.39, 0.29) is 11.9 Å². The Morgan fingerprint density at radius 1 is 1.53 bits per heavy atom. The molecule has 1 unspecified atom stereocenters. The lowest BCUT2D eigenvalue weighted by Crippen LogP contribution is -2.28. The van der Waals surface area contributed by atoms with E-state index in [1.807, 2.05) is 19.1 Å². The molecule has 0 aliphatic carbocycles. The van der Waals surface area contributed by atoms with Gasteiger partial charge in [-0.25, -0.2) is 0 Å². The molecule has 0 saturated carbocycles. The maximum atomic E-state index is 12.1. The van der Waals surface area contributed by atoms with Gasteiger partial charge in [0.2, 0.25) is 0 Å². The second kappa shape index (κ2) is 5.05. The summed E-state index contributed by atoms with van der Waals surface area (Å²) in [6.07, 6.45) is 2.09. The summed E-state index contributed by atoms with van der Waals surface area (Å²) < 4.78 is 3.06. The highest BCUT2D eigenvalue weighted by Crippen LogP contribution is 2.23. The Bertz CT molecular complexity index is 621. The van der Waals surface area contributed by atoms with E-state index in [0.29, 0.717) is 4.88 Å². The molecule has 1 N–H and O–H groups in total. The number of aromatic nitrogens is 3. The van der Waals surface area contributed by atoms with E-state index in [4.69, 9.17) is 0 Å². The van der Waals surface area contributed by atoms with Gasteiger partial charge < -0.3 is 9.88 Å². The van der Waals surface area contributed by atoms with Crippen LogP contribution in [-0.2, 0) is 13.0 Å². The maximum absolute atomic E-state index is 12.1. The minimum absolute atomic E-state index is 0.0708. The number of nitrogens with zero attached hydrogens (tertiary/aromatic N) is 3. The second-order valence-electron chi connectivity index (χ2n) is 4.53. The molecule has 1 amide bonds. The Hall–Kier alpha value is -1.21. The van der Waals surface area contributed by atoms with Crippen LogP contribution in [0.3, 0.4) is 0 Å². The molecular weight excluding hydrogens is 328 g/mol. The lowest BCUT2D eigenvalue weighted by molar-refractivity contribution is 0.0941. The quantitative estimate of drug-likeness (QED) is 0.933. The van der Waals surface area contributed by atoms with Crippen molar-refractivity contribution in [1.82, 2.24) is 20.1 Å². The summed E-state index contributed by atoms with van der Waals surface area (Å²) >= 11 is 4.78. The van der Waals surface area contributed by atoms with Crippen molar-refractivity contribution in [1.29, 1.82) is 0 Å². The molecule has 0 aromatic carbocycles. The van der Waals surface area contributed by atoms with Gasteiger partial charge >= 0.3 is 0 Å². The summed E-state index contributed by atoms with van der Waals surface area (Å²) in [6.45, 7) is 2.89. The average molecular weight is 341 g/mol. The lowest BCUT2D eigenvalue weighted by atomic mass is 10.3. The largest absolute Gasteiger partial charge is 0.342 e. The number of halogens is 1. The highest BCUT2D eigenvalue weighted by molar-refractivity contribution is 9.11. The van der Waals surface area contributed by atoms with Crippen LogP contribution in [0.5, 0.6) is 0 Å². The molecule has 1 aliphatic heterocycles. The minimum Gasteiger partial charge on any atom is -0.342 e. The van der Waals surface area contributed by atoms with Crippen molar-refractivity contribution in [2.75, 3.05) is 0 Å². The first-order chi connectivity index (χ1) is 9.15. The van der Waals surface area contributed by atoms with Crippen LogP contribution in [0.1, 0.15) is 40.7 Å². The van der Waals surface area contributed by atoms with E-state index in [9.17, 15) is 4.79 Å². The second-order valence-corrected chi connectivity index (χ2v) is 6.99. The third kappa shape index (κ3) is 2.44. The monoisotopic (exact) mass is 340 g/mol. The number of carbonyl (C=O) groups excluding carboxylic acids is 1. The number of thiophene rings is 1. The average Bonchev–Trinajstić information content (AvgIpc) is 3.02. The molecule has 1 atom stereocenters. The SMILES string of the molecule is CC(NC(=O)c1ccc(Br)s1)c1nnc2n1CCC2. The van der Waals surface area contributed by atoms with E-state index in [0.717, 1.165) is 34.8 Å². The molecule has 5 nitrogen and oxygen atoms in total. The van der Waals surface area contributed by atoms with Crippen molar-refractivity contribution < 1.29 is 4.79 Å². The van der Waals surface area contributed by atoms with E-state index in [1.54, 1.807) is 0 Å². The van der Waals surface area contributed by atoms with Crippen molar-refractivity contribution in [3.63, 3.8) is 0 Å². The molecular formula is C12H13BrN4OS. The molecule has 0 radical (unpaired) electrons. The lowest BCUT2D eigenvalue weighted by Gasteiger charge is -2.13. The molecule has 2 aromatic rings. The van der Waals surface area contributed by atoms with Gasteiger partial charge in [0, 0.05) is 13.0 Å². The predicted molar refractivity (Wildman–Crippen MR) is 76.2 cm³/mol. The summed E-state index contributed by atoms with van der Waals surface area (Å²) in [5.41, 5.74) is 0. The van der Waals surface area contributed by atoms with Crippen LogP contribution < -0.4 is 5.32 Å². The Balaban J connectivity index is 1.74. The third-order valence-electron chi connectivity index (χ3n) is 3.17. The first-order valence-electron chi connectivity index (χ1n) is 6.13. The molecule has 19 heavy (non-hydrogen) atoms. The van der Waals surface area contributed by atoms with Gasteiger partial charge in [-0.2, -0.15) is 0 Å². The standard InChI is InChI=1S/C12H13BrN4OS/c1-7(11-16-15-10-3-2-6-17(10)11)14-12(18)8-4-5-9(13)19-8/h4-5,7H,2-3,6H2,1H3,(H,14,18). The van der Waals surface area contributed by atoms with Gasteiger partial charge in [-0.3, -0.25) is 4.79 Å². The fraction of sp³-hybridized carbons (Fsp3) is 0.417. The number of nitrogens with one attached hydrogen (secondary N) is 1. The highest BCUT2D eigenvalue weighted by Gasteiger charge is 2.22. The van der Waals surface area contributed by atoms with Crippen LogP contribution in [-0.4, -0.2) is 20.7 Å². The van der Waals surface area contributed by atoms with Gasteiger partial charge in [0.1, 0.15) is 5.82 Å². The third-order valence-corrected chi connectivity index (χ3v) is 4.79. The van der Waals surface area contributed by atoms with Crippen molar-refractivity contribution >= 4 is 33.2 Å².